The van der Waals surface area contributed by atoms with E-state index in [2.05, 4.69) is 17.2 Å². The first kappa shape index (κ1) is 13.8. The van der Waals surface area contributed by atoms with E-state index < -0.39 is 0 Å². The first-order valence-corrected chi connectivity index (χ1v) is 7.31. The van der Waals surface area contributed by atoms with Gasteiger partial charge in [-0.25, -0.2) is 4.98 Å². The smallest absolute Gasteiger partial charge is 0.124 e. The van der Waals surface area contributed by atoms with Crippen molar-refractivity contribution in [2.24, 2.45) is 0 Å². The molecule has 0 radical (unpaired) electrons. The van der Waals surface area contributed by atoms with Gasteiger partial charge >= 0.3 is 0 Å². The molecule has 0 unspecified atom stereocenters. The molecule has 0 saturated heterocycles. The van der Waals surface area contributed by atoms with Gasteiger partial charge < -0.3 is 5.32 Å². The normalized spacial score (nSPS) is 10.9. The summed E-state index contributed by atoms with van der Waals surface area (Å²) >= 11 is 13.7. The van der Waals surface area contributed by atoms with Crippen LogP contribution >= 0.6 is 34.5 Å². The summed E-state index contributed by atoms with van der Waals surface area (Å²) in [6.45, 7) is 2.96. The van der Waals surface area contributed by atoms with Crippen molar-refractivity contribution in [3.05, 3.63) is 38.8 Å². The van der Waals surface area contributed by atoms with Gasteiger partial charge in [-0.05, 0) is 31.7 Å². The van der Waals surface area contributed by atoms with Crippen LogP contribution in [0.25, 0.3) is 10.6 Å². The molecule has 0 atom stereocenters. The molecule has 0 fully saturated rings. The van der Waals surface area contributed by atoms with Gasteiger partial charge in [0, 0.05) is 27.0 Å². The lowest BCUT2D eigenvalue weighted by Gasteiger charge is -1.98. The van der Waals surface area contributed by atoms with E-state index >= 15 is 0 Å². The molecule has 2 rings (SSSR count). The molecule has 0 aliphatic heterocycles. The molecule has 1 heterocycles. The van der Waals surface area contributed by atoms with Gasteiger partial charge in [-0.15, -0.1) is 11.3 Å². The molecule has 2 aromatic rings. The molecule has 18 heavy (non-hydrogen) atoms. The van der Waals surface area contributed by atoms with Crippen molar-refractivity contribution in [1.82, 2.24) is 10.3 Å². The summed E-state index contributed by atoms with van der Waals surface area (Å²) in [6, 6.07) is 5.53. The molecule has 0 aliphatic carbocycles. The fraction of sp³-hybridized carbons (Fsp3) is 0.308. The minimum atomic E-state index is 0.640. The molecule has 0 saturated carbocycles. The average molecular weight is 301 g/mol. The number of nitrogens with one attached hydrogen (secondary N) is 1. The average Bonchev–Trinajstić information content (AvgIpc) is 2.71. The SMILES string of the molecule is CCc1nc(-c2cc(Cl)cc(Cl)c2)sc1CNC. The van der Waals surface area contributed by atoms with Gasteiger partial charge in [0.1, 0.15) is 5.01 Å². The second kappa shape index (κ2) is 6.02. The van der Waals surface area contributed by atoms with E-state index in [1.807, 2.05) is 19.2 Å². The molecule has 1 N–H and O–H groups in total. The predicted molar refractivity (Wildman–Crippen MR) is 79.7 cm³/mol. The third-order valence-electron chi connectivity index (χ3n) is 2.56. The topological polar surface area (TPSA) is 24.9 Å². The van der Waals surface area contributed by atoms with E-state index in [9.17, 15) is 0 Å². The van der Waals surface area contributed by atoms with E-state index in [4.69, 9.17) is 23.2 Å². The summed E-state index contributed by atoms with van der Waals surface area (Å²) in [4.78, 5) is 5.93. The molecular formula is C13H14Cl2N2S. The van der Waals surface area contributed by atoms with Crippen LogP contribution in [-0.4, -0.2) is 12.0 Å². The third kappa shape index (κ3) is 3.04. The molecule has 0 bridgehead atoms. The van der Waals surface area contributed by atoms with Crippen molar-refractivity contribution in [1.29, 1.82) is 0 Å². The highest BCUT2D eigenvalue weighted by Crippen LogP contribution is 2.32. The minimum absolute atomic E-state index is 0.640. The maximum atomic E-state index is 6.02. The Kier molecular flexibility index (Phi) is 4.62. The van der Waals surface area contributed by atoms with Crippen LogP contribution in [0.15, 0.2) is 18.2 Å². The highest BCUT2D eigenvalue weighted by molar-refractivity contribution is 7.15. The van der Waals surface area contributed by atoms with Gasteiger partial charge in [0.2, 0.25) is 0 Å². The van der Waals surface area contributed by atoms with Gasteiger partial charge in [0.15, 0.2) is 0 Å². The summed E-state index contributed by atoms with van der Waals surface area (Å²) in [5.74, 6) is 0. The van der Waals surface area contributed by atoms with Crippen LogP contribution in [-0.2, 0) is 13.0 Å². The predicted octanol–water partition coefficient (Wildman–Crippen LogP) is 4.40. The molecule has 1 aromatic carbocycles. The van der Waals surface area contributed by atoms with Gasteiger partial charge in [0.05, 0.1) is 5.69 Å². The summed E-state index contributed by atoms with van der Waals surface area (Å²) in [6.07, 6.45) is 0.932. The van der Waals surface area contributed by atoms with E-state index in [1.54, 1.807) is 17.4 Å². The molecule has 2 nitrogen and oxygen atoms in total. The maximum Gasteiger partial charge on any atom is 0.124 e. The summed E-state index contributed by atoms with van der Waals surface area (Å²) < 4.78 is 0. The van der Waals surface area contributed by atoms with Gasteiger partial charge in [-0.3, -0.25) is 0 Å². The van der Waals surface area contributed by atoms with Gasteiger partial charge in [-0.1, -0.05) is 30.1 Å². The molecule has 0 amide bonds. The molecule has 96 valence electrons. The Morgan fingerprint density at radius 1 is 1.22 bits per heavy atom. The zero-order valence-electron chi connectivity index (χ0n) is 10.3. The van der Waals surface area contributed by atoms with E-state index in [-0.39, 0.29) is 0 Å². The Bertz CT molecular complexity index is 532. The van der Waals surface area contributed by atoms with Gasteiger partial charge in [-0.2, -0.15) is 0 Å². The fourth-order valence-electron chi connectivity index (χ4n) is 1.76. The lowest BCUT2D eigenvalue weighted by Crippen LogP contribution is -2.05. The monoisotopic (exact) mass is 300 g/mol. The first-order valence-electron chi connectivity index (χ1n) is 5.73. The molecule has 5 heteroatoms. The lowest BCUT2D eigenvalue weighted by atomic mass is 10.2. The van der Waals surface area contributed by atoms with Crippen LogP contribution in [0.5, 0.6) is 0 Å². The number of nitrogens with zero attached hydrogens (tertiary/aromatic N) is 1. The number of benzene rings is 1. The second-order valence-electron chi connectivity index (χ2n) is 3.93. The quantitative estimate of drug-likeness (QED) is 0.905. The highest BCUT2D eigenvalue weighted by Gasteiger charge is 2.11. The molecule has 0 aliphatic rings. The second-order valence-corrected chi connectivity index (χ2v) is 5.89. The summed E-state index contributed by atoms with van der Waals surface area (Å²) in [5.41, 5.74) is 2.12. The number of hydrogen-bond acceptors (Lipinski definition) is 3. The van der Waals surface area contributed by atoms with Crippen molar-refractivity contribution >= 4 is 34.5 Å². The number of aryl methyl sites for hydroxylation is 1. The largest absolute Gasteiger partial charge is 0.315 e. The van der Waals surface area contributed by atoms with Crippen LogP contribution in [0.2, 0.25) is 10.0 Å². The number of halogens is 2. The Balaban J connectivity index is 2.43. The number of hydrogen-bond donors (Lipinski definition) is 1. The minimum Gasteiger partial charge on any atom is -0.315 e. The summed E-state index contributed by atoms with van der Waals surface area (Å²) in [7, 11) is 1.94. The van der Waals surface area contributed by atoms with Crippen molar-refractivity contribution < 1.29 is 0 Å². The maximum absolute atomic E-state index is 6.02. The number of thiazole rings is 1. The highest BCUT2D eigenvalue weighted by atomic mass is 35.5. The standard InChI is InChI=1S/C13H14Cl2N2S/c1-3-11-12(7-16-2)18-13(17-11)8-4-9(14)6-10(15)5-8/h4-6,16H,3,7H2,1-2H3. The molecule has 1 aromatic heterocycles. The van der Waals surface area contributed by atoms with Crippen LogP contribution in [0, 0.1) is 0 Å². The van der Waals surface area contributed by atoms with Crippen molar-refractivity contribution in [3.8, 4) is 10.6 Å². The van der Waals surface area contributed by atoms with Crippen molar-refractivity contribution in [2.45, 2.75) is 19.9 Å². The van der Waals surface area contributed by atoms with Crippen LogP contribution in [0.4, 0.5) is 0 Å². The zero-order valence-corrected chi connectivity index (χ0v) is 12.6. The Hall–Kier alpha value is -0.610. The Morgan fingerprint density at radius 3 is 2.44 bits per heavy atom. The Labute approximate surface area is 121 Å². The Morgan fingerprint density at radius 2 is 1.89 bits per heavy atom. The first-order chi connectivity index (χ1) is 8.63. The van der Waals surface area contributed by atoms with Crippen molar-refractivity contribution in [2.75, 3.05) is 7.05 Å². The third-order valence-corrected chi connectivity index (χ3v) is 4.14. The van der Waals surface area contributed by atoms with Crippen molar-refractivity contribution in [3.63, 3.8) is 0 Å². The number of aromatic nitrogens is 1. The molecule has 0 spiro atoms. The van der Waals surface area contributed by atoms with Crippen LogP contribution < -0.4 is 5.32 Å². The zero-order chi connectivity index (χ0) is 13.1. The summed E-state index contributed by atoms with van der Waals surface area (Å²) in [5, 5.41) is 5.42. The van der Waals surface area contributed by atoms with E-state index in [1.165, 1.54) is 4.88 Å². The lowest BCUT2D eigenvalue weighted by molar-refractivity contribution is 0.815. The molecular weight excluding hydrogens is 287 g/mol. The van der Waals surface area contributed by atoms with E-state index in [0.717, 1.165) is 29.2 Å². The van der Waals surface area contributed by atoms with E-state index in [0.29, 0.717) is 10.0 Å². The van der Waals surface area contributed by atoms with Gasteiger partial charge in [0.25, 0.3) is 0 Å². The van der Waals surface area contributed by atoms with Crippen LogP contribution in [0.1, 0.15) is 17.5 Å². The van der Waals surface area contributed by atoms with Crippen LogP contribution in [0.3, 0.4) is 0 Å². The number of rotatable bonds is 4. The fourth-order valence-corrected chi connectivity index (χ4v) is 3.43.